The smallest absolute Gasteiger partial charge is 0.425 e. The van der Waals surface area contributed by atoms with E-state index < -0.39 is 17.3 Å². The first kappa shape index (κ1) is 18.8. The summed E-state index contributed by atoms with van der Waals surface area (Å²) in [5, 5.41) is 21.2. The van der Waals surface area contributed by atoms with Gasteiger partial charge in [-0.05, 0) is 30.2 Å². The van der Waals surface area contributed by atoms with E-state index in [4.69, 9.17) is 10.1 Å². The zero-order valence-corrected chi connectivity index (χ0v) is 14.0. The van der Waals surface area contributed by atoms with Gasteiger partial charge in [-0.3, -0.25) is 5.41 Å². The molecular weight excluding hydrogens is 333 g/mol. The van der Waals surface area contributed by atoms with E-state index >= 15 is 0 Å². The highest BCUT2D eigenvalue weighted by atomic mass is 19.4. The molecule has 1 atom stereocenters. The van der Waals surface area contributed by atoms with E-state index in [2.05, 4.69) is 5.32 Å². The molecule has 7 heteroatoms. The molecule has 4 nitrogen and oxygen atoms in total. The lowest BCUT2D eigenvalue weighted by atomic mass is 9.83. The maximum absolute atomic E-state index is 13.9. The lowest BCUT2D eigenvalue weighted by Crippen LogP contribution is -2.43. The molecule has 25 heavy (non-hydrogen) atoms. The second kappa shape index (κ2) is 6.76. The Bertz CT molecular complexity index is 776. The van der Waals surface area contributed by atoms with E-state index in [1.807, 2.05) is 0 Å². The van der Waals surface area contributed by atoms with Crippen LogP contribution < -0.4 is 10.1 Å². The molecule has 134 valence electrons. The Labute approximate surface area is 143 Å². The highest BCUT2D eigenvalue weighted by Gasteiger charge is 2.57. The van der Waals surface area contributed by atoms with Crippen LogP contribution in [0.4, 0.5) is 13.2 Å². The number of benzene rings is 2. The summed E-state index contributed by atoms with van der Waals surface area (Å²) in [5.41, 5.74) is -3.16. The van der Waals surface area contributed by atoms with Crippen LogP contribution in [0, 0.1) is 12.3 Å². The van der Waals surface area contributed by atoms with Crippen LogP contribution in [-0.2, 0) is 5.60 Å². The van der Waals surface area contributed by atoms with E-state index in [0.29, 0.717) is 11.1 Å². The van der Waals surface area contributed by atoms with Crippen LogP contribution in [0.1, 0.15) is 22.3 Å². The van der Waals surface area contributed by atoms with Gasteiger partial charge in [0.25, 0.3) is 0 Å². The largest absolute Gasteiger partial charge is 0.496 e. The van der Waals surface area contributed by atoms with Gasteiger partial charge in [-0.15, -0.1) is 0 Å². The van der Waals surface area contributed by atoms with Crippen molar-refractivity contribution in [2.45, 2.75) is 18.7 Å². The molecule has 0 aliphatic carbocycles. The summed E-state index contributed by atoms with van der Waals surface area (Å²) in [6.07, 6.45) is -4.97. The number of hydrogen-bond donors (Lipinski definition) is 3. The van der Waals surface area contributed by atoms with Crippen molar-refractivity contribution in [2.24, 2.45) is 0 Å². The molecule has 0 saturated carbocycles. The number of aliphatic hydroxyl groups is 1. The van der Waals surface area contributed by atoms with Crippen LogP contribution in [0.15, 0.2) is 42.5 Å². The highest BCUT2D eigenvalue weighted by Crippen LogP contribution is 2.47. The minimum absolute atomic E-state index is 0.0395. The fourth-order valence-corrected chi connectivity index (χ4v) is 2.69. The molecule has 2 aromatic carbocycles. The molecule has 0 aliphatic heterocycles. The van der Waals surface area contributed by atoms with E-state index in [-0.39, 0.29) is 17.1 Å². The van der Waals surface area contributed by atoms with Crippen molar-refractivity contribution in [3.05, 3.63) is 64.7 Å². The maximum atomic E-state index is 13.9. The van der Waals surface area contributed by atoms with E-state index in [1.165, 1.54) is 50.6 Å². The van der Waals surface area contributed by atoms with Crippen LogP contribution in [0.2, 0.25) is 0 Å². The van der Waals surface area contributed by atoms with Gasteiger partial charge in [0, 0.05) is 18.2 Å². The van der Waals surface area contributed by atoms with Crippen molar-refractivity contribution < 1.29 is 23.0 Å². The minimum atomic E-state index is -4.97. The van der Waals surface area contributed by atoms with Gasteiger partial charge in [0.1, 0.15) is 11.6 Å². The third-order valence-corrected chi connectivity index (χ3v) is 4.06. The third-order valence-electron chi connectivity index (χ3n) is 4.06. The fraction of sp³-hybridized carbons (Fsp3) is 0.278. The molecule has 3 N–H and O–H groups in total. The first-order valence-electron chi connectivity index (χ1n) is 7.47. The van der Waals surface area contributed by atoms with E-state index in [0.717, 1.165) is 0 Å². The van der Waals surface area contributed by atoms with Gasteiger partial charge < -0.3 is 15.2 Å². The molecule has 1 unspecified atom stereocenters. The lowest BCUT2D eigenvalue weighted by molar-refractivity contribution is -0.248. The number of halogens is 3. The number of alkyl halides is 3. The standard InChI is InChI=1S/C18H19F3N2O2/c1-11-9-14(15(25-3)10-13(11)16(22)23-2)17(24,18(19,20)21)12-7-5-4-6-8-12/h4-10,24H,1-3H3,(H2,22,23). The Balaban J connectivity index is 2.79. The number of hydrogen-bond acceptors (Lipinski definition) is 3. The second-order valence-corrected chi connectivity index (χ2v) is 5.57. The average molecular weight is 352 g/mol. The number of amidine groups is 1. The van der Waals surface area contributed by atoms with Crippen LogP contribution >= 0.6 is 0 Å². The molecule has 0 fully saturated rings. The average Bonchev–Trinajstić information content (AvgIpc) is 2.59. The van der Waals surface area contributed by atoms with Gasteiger partial charge in [-0.1, -0.05) is 30.3 Å². The van der Waals surface area contributed by atoms with Gasteiger partial charge in [-0.25, -0.2) is 0 Å². The van der Waals surface area contributed by atoms with Crippen LogP contribution in [0.25, 0.3) is 0 Å². The van der Waals surface area contributed by atoms with Gasteiger partial charge >= 0.3 is 6.18 Å². The van der Waals surface area contributed by atoms with Crippen molar-refractivity contribution in [1.82, 2.24) is 5.32 Å². The van der Waals surface area contributed by atoms with E-state index in [9.17, 15) is 18.3 Å². The Kier molecular flexibility index (Phi) is 5.08. The van der Waals surface area contributed by atoms with Crippen LogP contribution in [0.3, 0.4) is 0 Å². The second-order valence-electron chi connectivity index (χ2n) is 5.57. The molecular formula is C18H19F3N2O2. The van der Waals surface area contributed by atoms with Gasteiger partial charge in [0.05, 0.1) is 7.11 Å². The summed E-state index contributed by atoms with van der Waals surface area (Å²) >= 11 is 0. The maximum Gasteiger partial charge on any atom is 0.425 e. The summed E-state index contributed by atoms with van der Waals surface area (Å²) in [6, 6.07) is 9.38. The van der Waals surface area contributed by atoms with Crippen LogP contribution in [-0.4, -0.2) is 31.3 Å². The zero-order valence-electron chi connectivity index (χ0n) is 14.0. The molecule has 0 radical (unpaired) electrons. The molecule has 2 rings (SSSR count). The Morgan fingerprint density at radius 1 is 1.16 bits per heavy atom. The predicted molar refractivity (Wildman–Crippen MR) is 89.1 cm³/mol. The third kappa shape index (κ3) is 3.19. The predicted octanol–water partition coefficient (Wildman–Crippen LogP) is 3.35. The van der Waals surface area contributed by atoms with Gasteiger partial charge in [0.2, 0.25) is 5.60 Å². The Morgan fingerprint density at radius 3 is 2.24 bits per heavy atom. The topological polar surface area (TPSA) is 65.3 Å². The van der Waals surface area contributed by atoms with Gasteiger partial charge in [0.15, 0.2) is 0 Å². The first-order valence-corrected chi connectivity index (χ1v) is 7.47. The van der Waals surface area contributed by atoms with Crippen LogP contribution in [0.5, 0.6) is 5.75 Å². The number of ether oxygens (including phenoxy) is 1. The van der Waals surface area contributed by atoms with Crippen molar-refractivity contribution >= 4 is 5.84 Å². The number of rotatable bonds is 4. The Morgan fingerprint density at radius 2 is 1.76 bits per heavy atom. The van der Waals surface area contributed by atoms with Crippen molar-refractivity contribution in [3.8, 4) is 5.75 Å². The van der Waals surface area contributed by atoms with E-state index in [1.54, 1.807) is 13.0 Å². The summed E-state index contributed by atoms with van der Waals surface area (Å²) in [6.45, 7) is 1.58. The number of nitrogens with one attached hydrogen (secondary N) is 2. The number of aryl methyl sites for hydroxylation is 1. The molecule has 0 aromatic heterocycles. The SMILES string of the molecule is CNC(=N)c1cc(OC)c(C(O)(c2ccccc2)C(F)(F)F)cc1C. The summed E-state index contributed by atoms with van der Waals surface area (Å²) < 4.78 is 46.8. The van der Waals surface area contributed by atoms with Gasteiger partial charge in [-0.2, -0.15) is 13.2 Å². The summed E-state index contributed by atoms with van der Waals surface area (Å²) in [4.78, 5) is 0. The summed E-state index contributed by atoms with van der Waals surface area (Å²) in [7, 11) is 2.76. The molecule has 0 bridgehead atoms. The molecule has 0 saturated heterocycles. The fourth-order valence-electron chi connectivity index (χ4n) is 2.69. The minimum Gasteiger partial charge on any atom is -0.496 e. The van der Waals surface area contributed by atoms with Crippen molar-refractivity contribution in [3.63, 3.8) is 0 Å². The molecule has 0 spiro atoms. The Hall–Kier alpha value is -2.54. The number of methoxy groups -OCH3 is 1. The lowest BCUT2D eigenvalue weighted by Gasteiger charge is -2.33. The molecule has 0 aliphatic rings. The monoisotopic (exact) mass is 352 g/mol. The van der Waals surface area contributed by atoms with Crippen molar-refractivity contribution in [1.29, 1.82) is 5.41 Å². The zero-order chi connectivity index (χ0) is 18.8. The molecule has 0 amide bonds. The normalized spacial score (nSPS) is 13.9. The highest BCUT2D eigenvalue weighted by molar-refractivity contribution is 5.98. The molecule has 2 aromatic rings. The van der Waals surface area contributed by atoms with Crippen molar-refractivity contribution in [2.75, 3.05) is 14.2 Å². The summed E-state index contributed by atoms with van der Waals surface area (Å²) in [5.74, 6) is -0.109. The first-order chi connectivity index (χ1) is 11.7. The quantitative estimate of drug-likeness (QED) is 0.584. The molecule has 0 heterocycles.